The Labute approximate surface area is 112 Å². The van der Waals surface area contributed by atoms with Gasteiger partial charge in [-0.1, -0.05) is 12.1 Å². The van der Waals surface area contributed by atoms with Crippen molar-refractivity contribution < 1.29 is 4.79 Å². The van der Waals surface area contributed by atoms with Crippen LogP contribution in [0.3, 0.4) is 0 Å². The van der Waals surface area contributed by atoms with E-state index in [1.165, 1.54) is 18.1 Å². The molecule has 0 unspecified atom stereocenters. The maximum Gasteiger partial charge on any atom is 0.222 e. The third-order valence-corrected chi connectivity index (χ3v) is 2.95. The van der Waals surface area contributed by atoms with Gasteiger partial charge in [-0.2, -0.15) is 0 Å². The molecule has 0 atom stereocenters. The van der Waals surface area contributed by atoms with Crippen LogP contribution in [0.5, 0.6) is 0 Å². The van der Waals surface area contributed by atoms with Crippen molar-refractivity contribution in [3.05, 3.63) is 47.7 Å². The Balaban J connectivity index is 2.15. The molecule has 0 aliphatic carbocycles. The number of nitrogens with zero attached hydrogens (tertiary/aromatic N) is 1. The van der Waals surface area contributed by atoms with E-state index < -0.39 is 0 Å². The van der Waals surface area contributed by atoms with Gasteiger partial charge in [0.1, 0.15) is 5.82 Å². The van der Waals surface area contributed by atoms with Crippen LogP contribution in [0.25, 0.3) is 0 Å². The molecular formula is C15H17N3O. The molecular weight excluding hydrogens is 238 g/mol. The first-order valence-electron chi connectivity index (χ1n) is 6.13. The average molecular weight is 255 g/mol. The van der Waals surface area contributed by atoms with Crippen molar-refractivity contribution in [2.24, 2.45) is 0 Å². The largest absolute Gasteiger partial charge is 0.354 e. The molecule has 2 aromatic rings. The molecule has 1 heterocycles. The smallest absolute Gasteiger partial charge is 0.222 e. The third kappa shape index (κ3) is 3.31. The number of nitrogens with one attached hydrogen (secondary N) is 2. The summed E-state index contributed by atoms with van der Waals surface area (Å²) in [6.45, 7) is 5.62. The van der Waals surface area contributed by atoms with Crippen LogP contribution in [-0.4, -0.2) is 10.9 Å². The van der Waals surface area contributed by atoms with Crippen molar-refractivity contribution in [1.29, 1.82) is 0 Å². The summed E-state index contributed by atoms with van der Waals surface area (Å²) in [5.41, 5.74) is 4.41. The number of benzene rings is 1. The number of aryl methyl sites for hydroxylation is 1. The van der Waals surface area contributed by atoms with Crippen LogP contribution in [0.1, 0.15) is 18.1 Å². The summed E-state index contributed by atoms with van der Waals surface area (Å²) in [5, 5.41) is 5.96. The standard InChI is InChI=1S/C15H17N3O/c1-10-5-4-6-14(11(10)2)18-13-7-8-15(16-9-13)17-12(3)19/h4-9,18H,1-3H3,(H,16,17,19). The first kappa shape index (κ1) is 13.1. The summed E-state index contributed by atoms with van der Waals surface area (Å²) in [6.07, 6.45) is 1.70. The van der Waals surface area contributed by atoms with Crippen LogP contribution in [0.4, 0.5) is 17.2 Å². The Hall–Kier alpha value is -2.36. The van der Waals surface area contributed by atoms with E-state index in [0.29, 0.717) is 5.82 Å². The lowest BCUT2D eigenvalue weighted by Gasteiger charge is -2.11. The molecule has 0 aliphatic rings. The number of carbonyl (C=O) groups is 1. The lowest BCUT2D eigenvalue weighted by atomic mass is 10.1. The van der Waals surface area contributed by atoms with Crippen LogP contribution in [0.2, 0.25) is 0 Å². The van der Waals surface area contributed by atoms with Gasteiger partial charge in [0.25, 0.3) is 0 Å². The SMILES string of the molecule is CC(=O)Nc1ccc(Nc2cccc(C)c2C)cn1. The molecule has 4 heteroatoms. The molecule has 2 rings (SSSR count). The number of rotatable bonds is 3. The normalized spacial score (nSPS) is 10.1. The van der Waals surface area contributed by atoms with E-state index in [1.807, 2.05) is 18.2 Å². The molecule has 0 radical (unpaired) electrons. The molecule has 0 spiro atoms. The highest BCUT2D eigenvalue weighted by molar-refractivity contribution is 5.87. The molecule has 0 fully saturated rings. The topological polar surface area (TPSA) is 54.0 Å². The van der Waals surface area contributed by atoms with Gasteiger partial charge < -0.3 is 10.6 Å². The Bertz CT molecular complexity index is 591. The van der Waals surface area contributed by atoms with E-state index in [2.05, 4.69) is 35.5 Å². The molecule has 1 aromatic heterocycles. The molecule has 0 saturated heterocycles. The predicted molar refractivity (Wildman–Crippen MR) is 77.7 cm³/mol. The summed E-state index contributed by atoms with van der Waals surface area (Å²) in [7, 11) is 0. The number of hydrogen-bond donors (Lipinski definition) is 2. The lowest BCUT2D eigenvalue weighted by molar-refractivity contribution is -0.114. The Morgan fingerprint density at radius 3 is 2.58 bits per heavy atom. The number of amides is 1. The van der Waals surface area contributed by atoms with Gasteiger partial charge in [0.2, 0.25) is 5.91 Å². The minimum atomic E-state index is -0.122. The molecule has 19 heavy (non-hydrogen) atoms. The van der Waals surface area contributed by atoms with Crippen LogP contribution >= 0.6 is 0 Å². The summed E-state index contributed by atoms with van der Waals surface area (Å²) < 4.78 is 0. The minimum Gasteiger partial charge on any atom is -0.354 e. The second-order valence-electron chi connectivity index (χ2n) is 4.49. The zero-order valence-corrected chi connectivity index (χ0v) is 11.3. The predicted octanol–water partition coefficient (Wildman–Crippen LogP) is 3.40. The average Bonchev–Trinajstić information content (AvgIpc) is 2.37. The van der Waals surface area contributed by atoms with E-state index >= 15 is 0 Å². The molecule has 0 saturated carbocycles. The molecule has 4 nitrogen and oxygen atoms in total. The van der Waals surface area contributed by atoms with E-state index in [4.69, 9.17) is 0 Å². The fraction of sp³-hybridized carbons (Fsp3) is 0.200. The quantitative estimate of drug-likeness (QED) is 0.883. The van der Waals surface area contributed by atoms with Gasteiger partial charge in [-0.15, -0.1) is 0 Å². The van der Waals surface area contributed by atoms with Crippen LogP contribution in [-0.2, 0) is 4.79 Å². The number of hydrogen-bond acceptors (Lipinski definition) is 3. The molecule has 1 amide bonds. The monoisotopic (exact) mass is 255 g/mol. The zero-order chi connectivity index (χ0) is 13.8. The summed E-state index contributed by atoms with van der Waals surface area (Å²) >= 11 is 0. The highest BCUT2D eigenvalue weighted by Crippen LogP contribution is 2.22. The number of carbonyl (C=O) groups excluding carboxylic acids is 1. The van der Waals surface area contributed by atoms with E-state index in [9.17, 15) is 4.79 Å². The first-order valence-corrected chi connectivity index (χ1v) is 6.13. The number of pyridine rings is 1. The summed E-state index contributed by atoms with van der Waals surface area (Å²) in [5.74, 6) is 0.432. The number of aromatic nitrogens is 1. The summed E-state index contributed by atoms with van der Waals surface area (Å²) in [4.78, 5) is 15.1. The fourth-order valence-corrected chi connectivity index (χ4v) is 1.76. The Morgan fingerprint density at radius 2 is 1.95 bits per heavy atom. The van der Waals surface area contributed by atoms with Crippen LogP contribution in [0.15, 0.2) is 36.5 Å². The van der Waals surface area contributed by atoms with Crippen molar-refractivity contribution in [2.45, 2.75) is 20.8 Å². The van der Waals surface area contributed by atoms with Gasteiger partial charge in [-0.05, 0) is 43.2 Å². The molecule has 2 N–H and O–H groups in total. The minimum absolute atomic E-state index is 0.122. The lowest BCUT2D eigenvalue weighted by Crippen LogP contribution is -2.07. The fourth-order valence-electron chi connectivity index (χ4n) is 1.76. The van der Waals surface area contributed by atoms with E-state index in [0.717, 1.165) is 11.4 Å². The number of anilines is 3. The first-order chi connectivity index (χ1) is 9.06. The highest BCUT2D eigenvalue weighted by atomic mass is 16.1. The Morgan fingerprint density at radius 1 is 1.16 bits per heavy atom. The van der Waals surface area contributed by atoms with Gasteiger partial charge in [0.15, 0.2) is 0 Å². The zero-order valence-electron chi connectivity index (χ0n) is 11.3. The van der Waals surface area contributed by atoms with Crippen molar-refractivity contribution in [2.75, 3.05) is 10.6 Å². The Kier molecular flexibility index (Phi) is 3.80. The third-order valence-electron chi connectivity index (χ3n) is 2.95. The molecule has 0 bridgehead atoms. The molecule has 0 aliphatic heterocycles. The second kappa shape index (κ2) is 5.52. The van der Waals surface area contributed by atoms with Crippen molar-refractivity contribution in [3.8, 4) is 0 Å². The van der Waals surface area contributed by atoms with Crippen molar-refractivity contribution in [1.82, 2.24) is 4.98 Å². The van der Waals surface area contributed by atoms with Gasteiger partial charge in [0, 0.05) is 12.6 Å². The van der Waals surface area contributed by atoms with Gasteiger partial charge in [-0.25, -0.2) is 4.98 Å². The van der Waals surface area contributed by atoms with E-state index in [1.54, 1.807) is 12.3 Å². The van der Waals surface area contributed by atoms with Crippen LogP contribution < -0.4 is 10.6 Å². The summed E-state index contributed by atoms with van der Waals surface area (Å²) in [6, 6.07) is 9.79. The van der Waals surface area contributed by atoms with Crippen molar-refractivity contribution in [3.63, 3.8) is 0 Å². The van der Waals surface area contributed by atoms with Gasteiger partial charge in [-0.3, -0.25) is 4.79 Å². The second-order valence-corrected chi connectivity index (χ2v) is 4.49. The van der Waals surface area contributed by atoms with Crippen molar-refractivity contribution >= 4 is 23.1 Å². The van der Waals surface area contributed by atoms with E-state index in [-0.39, 0.29) is 5.91 Å². The molecule has 1 aromatic carbocycles. The van der Waals surface area contributed by atoms with Crippen LogP contribution in [0, 0.1) is 13.8 Å². The maximum absolute atomic E-state index is 10.9. The maximum atomic E-state index is 10.9. The van der Waals surface area contributed by atoms with Gasteiger partial charge >= 0.3 is 0 Å². The highest BCUT2D eigenvalue weighted by Gasteiger charge is 2.02. The van der Waals surface area contributed by atoms with Gasteiger partial charge in [0.05, 0.1) is 11.9 Å². The molecule has 98 valence electrons.